The molecule has 8 nitrogen and oxygen atoms in total. The number of halogens is 1. The highest BCUT2D eigenvalue weighted by molar-refractivity contribution is 7.99. The second-order valence-corrected chi connectivity index (χ2v) is 9.51. The van der Waals surface area contributed by atoms with E-state index in [4.69, 9.17) is 32.8 Å². The monoisotopic (exact) mass is 513 g/mol. The van der Waals surface area contributed by atoms with Crippen molar-refractivity contribution in [3.05, 3.63) is 35.9 Å². The molecule has 12 heteroatoms. The molecule has 2 aliphatic heterocycles. The van der Waals surface area contributed by atoms with Gasteiger partial charge in [0.1, 0.15) is 5.82 Å². The first-order chi connectivity index (χ1) is 14.5. The van der Waals surface area contributed by atoms with Crippen LogP contribution in [0.4, 0.5) is 11.8 Å². The van der Waals surface area contributed by atoms with Gasteiger partial charge in [-0.15, -0.1) is 0 Å². The van der Waals surface area contributed by atoms with Crippen LogP contribution >= 0.6 is 50.4 Å². The van der Waals surface area contributed by atoms with Gasteiger partial charge in [-0.2, -0.15) is 27.0 Å². The number of nitrogens with two attached hydrogens (primary N) is 2. The standard InChI is InChI=1S/C20H24ClN7OS.2H2S/c1-12-16(22)20(11-29-12)3-7-27(8-4-20)19-26-10-14(18-25-6-9-28(18)19)30-13-2-5-24-17(23)15(13)21;;/h2,5-6,9-10,12,16H,3-4,7-8,11,22H2,1H3,(H2,23,24);2*1H2/t12-,16+;;/m0../s1. The molecule has 2 aliphatic rings. The second kappa shape index (κ2) is 9.86. The molecule has 2 saturated heterocycles. The van der Waals surface area contributed by atoms with Gasteiger partial charge < -0.3 is 21.1 Å². The van der Waals surface area contributed by atoms with Crippen molar-refractivity contribution in [3.63, 3.8) is 0 Å². The zero-order valence-electron chi connectivity index (χ0n) is 17.7. The Morgan fingerprint density at radius 1 is 1.16 bits per heavy atom. The molecule has 0 aliphatic carbocycles. The summed E-state index contributed by atoms with van der Waals surface area (Å²) in [6.07, 6.45) is 9.36. The van der Waals surface area contributed by atoms with Crippen LogP contribution in [0.3, 0.4) is 0 Å². The summed E-state index contributed by atoms with van der Waals surface area (Å²) in [4.78, 5) is 17.4. The van der Waals surface area contributed by atoms with Crippen LogP contribution in [0.1, 0.15) is 19.8 Å². The third-order valence-corrected chi connectivity index (χ3v) is 7.94. The van der Waals surface area contributed by atoms with E-state index in [-0.39, 0.29) is 44.6 Å². The number of rotatable bonds is 3. The zero-order chi connectivity index (χ0) is 20.9. The predicted molar refractivity (Wildman–Crippen MR) is 139 cm³/mol. The number of nitrogens with zero attached hydrogens (tertiary/aromatic N) is 5. The lowest BCUT2D eigenvalue weighted by Gasteiger charge is -2.41. The van der Waals surface area contributed by atoms with Gasteiger partial charge in [-0.3, -0.25) is 4.40 Å². The van der Waals surface area contributed by atoms with Gasteiger partial charge in [0.2, 0.25) is 5.95 Å². The maximum absolute atomic E-state index is 6.46. The maximum atomic E-state index is 6.46. The Labute approximate surface area is 210 Å². The van der Waals surface area contributed by atoms with Crippen LogP contribution in [0.25, 0.3) is 5.65 Å². The van der Waals surface area contributed by atoms with Crippen LogP contribution in [0.15, 0.2) is 40.6 Å². The molecule has 4 N–H and O–H groups in total. The van der Waals surface area contributed by atoms with Gasteiger partial charge in [0, 0.05) is 54.2 Å². The zero-order valence-corrected chi connectivity index (χ0v) is 21.2. The fourth-order valence-electron chi connectivity index (χ4n) is 4.45. The highest BCUT2D eigenvalue weighted by atomic mass is 35.5. The molecule has 3 aromatic heterocycles. The average Bonchev–Trinajstić information content (AvgIpc) is 3.35. The summed E-state index contributed by atoms with van der Waals surface area (Å²) in [5.41, 5.74) is 13.2. The summed E-state index contributed by atoms with van der Waals surface area (Å²) in [6, 6.07) is 1.94. The molecule has 174 valence electrons. The van der Waals surface area contributed by atoms with Gasteiger partial charge in [0.25, 0.3) is 0 Å². The Hall–Kier alpha value is -1.37. The number of aromatic nitrogens is 4. The number of fused-ring (bicyclic) bond motifs is 1. The van der Waals surface area contributed by atoms with Gasteiger partial charge in [0.05, 0.1) is 22.6 Å². The van der Waals surface area contributed by atoms with Crippen molar-refractivity contribution in [1.82, 2.24) is 19.4 Å². The van der Waals surface area contributed by atoms with Gasteiger partial charge in [-0.25, -0.2) is 15.0 Å². The average molecular weight is 514 g/mol. The van der Waals surface area contributed by atoms with Crippen LogP contribution < -0.4 is 16.4 Å². The topological polar surface area (TPSA) is 108 Å². The van der Waals surface area contributed by atoms with Crippen molar-refractivity contribution < 1.29 is 4.74 Å². The van der Waals surface area contributed by atoms with Crippen LogP contribution in [-0.4, -0.2) is 51.2 Å². The van der Waals surface area contributed by atoms with Crippen LogP contribution in [0.2, 0.25) is 5.02 Å². The van der Waals surface area contributed by atoms with E-state index in [1.54, 1.807) is 12.4 Å². The Morgan fingerprint density at radius 3 is 2.59 bits per heavy atom. The number of hydrogen-bond acceptors (Lipinski definition) is 8. The summed E-state index contributed by atoms with van der Waals surface area (Å²) in [5, 5.41) is 0.446. The van der Waals surface area contributed by atoms with E-state index < -0.39 is 0 Å². The summed E-state index contributed by atoms with van der Waals surface area (Å²) in [7, 11) is 0. The molecule has 2 atom stereocenters. The van der Waals surface area contributed by atoms with E-state index in [9.17, 15) is 0 Å². The van der Waals surface area contributed by atoms with Crippen molar-refractivity contribution in [2.24, 2.45) is 11.1 Å². The Morgan fingerprint density at radius 2 is 1.91 bits per heavy atom. The number of piperidine rings is 1. The first-order valence-corrected chi connectivity index (χ1v) is 11.2. The molecule has 3 aromatic rings. The minimum absolute atomic E-state index is 0. The van der Waals surface area contributed by atoms with E-state index in [2.05, 4.69) is 21.8 Å². The number of imidazole rings is 1. The van der Waals surface area contributed by atoms with Crippen LogP contribution in [0.5, 0.6) is 0 Å². The quantitative estimate of drug-likeness (QED) is 0.550. The lowest BCUT2D eigenvalue weighted by Crippen LogP contribution is -2.51. The predicted octanol–water partition coefficient (Wildman–Crippen LogP) is 3.07. The van der Waals surface area contributed by atoms with Gasteiger partial charge >= 0.3 is 0 Å². The number of pyridine rings is 1. The summed E-state index contributed by atoms with van der Waals surface area (Å²) in [5.74, 6) is 1.21. The first-order valence-electron chi connectivity index (χ1n) is 10.0. The van der Waals surface area contributed by atoms with E-state index in [0.717, 1.165) is 53.9 Å². The van der Waals surface area contributed by atoms with Gasteiger partial charge in [-0.1, -0.05) is 23.4 Å². The summed E-state index contributed by atoms with van der Waals surface area (Å²) < 4.78 is 7.88. The molecule has 32 heavy (non-hydrogen) atoms. The van der Waals surface area contributed by atoms with E-state index >= 15 is 0 Å². The molecular weight excluding hydrogens is 486 g/mol. The molecule has 2 fully saturated rings. The largest absolute Gasteiger partial charge is 0.382 e. The Bertz CT molecular complexity index is 1090. The Kier molecular flexibility index (Phi) is 7.78. The minimum atomic E-state index is 0. The van der Waals surface area contributed by atoms with Gasteiger partial charge in [-0.05, 0) is 25.8 Å². The fraction of sp³-hybridized carbons (Fsp3) is 0.450. The molecular formula is C20H28ClN7OS3. The van der Waals surface area contributed by atoms with E-state index in [1.807, 2.05) is 22.9 Å². The van der Waals surface area contributed by atoms with Gasteiger partial charge in [0.15, 0.2) is 5.65 Å². The number of nitrogen functional groups attached to an aromatic ring is 1. The molecule has 5 rings (SSSR count). The van der Waals surface area contributed by atoms with Crippen LogP contribution in [0, 0.1) is 5.41 Å². The fourth-order valence-corrected chi connectivity index (χ4v) is 5.59. The second-order valence-electron chi connectivity index (χ2n) is 8.04. The molecule has 5 heterocycles. The van der Waals surface area contributed by atoms with Crippen LogP contribution in [-0.2, 0) is 4.74 Å². The maximum Gasteiger partial charge on any atom is 0.211 e. The molecule has 0 aromatic carbocycles. The van der Waals surface area contributed by atoms with Crippen molar-refractivity contribution in [3.8, 4) is 0 Å². The van der Waals surface area contributed by atoms with Crippen molar-refractivity contribution in [2.45, 2.75) is 41.7 Å². The molecule has 0 amide bonds. The lowest BCUT2D eigenvalue weighted by atomic mass is 9.73. The first kappa shape index (κ1) is 25.3. The number of anilines is 2. The third-order valence-electron chi connectivity index (χ3n) is 6.36. The van der Waals surface area contributed by atoms with E-state index in [1.165, 1.54) is 11.8 Å². The van der Waals surface area contributed by atoms with Crippen molar-refractivity contribution in [2.75, 3.05) is 30.3 Å². The Balaban J connectivity index is 0.00000144. The molecule has 1 spiro atoms. The molecule has 0 bridgehead atoms. The smallest absolute Gasteiger partial charge is 0.211 e. The molecule has 0 radical (unpaired) electrons. The third kappa shape index (κ3) is 4.26. The summed E-state index contributed by atoms with van der Waals surface area (Å²) in [6.45, 7) is 4.61. The summed E-state index contributed by atoms with van der Waals surface area (Å²) >= 11 is 7.80. The SMILES string of the molecule is C[C@@H]1OCC2(CCN(c3ncc(Sc4ccnc(N)c4Cl)c4nccn34)CC2)[C@@H]1N.S.S. The highest BCUT2D eigenvalue weighted by Crippen LogP contribution is 2.42. The molecule has 0 saturated carbocycles. The number of ether oxygens (including phenoxy) is 1. The molecule has 0 unspecified atom stereocenters. The highest BCUT2D eigenvalue weighted by Gasteiger charge is 2.47. The normalized spacial score (nSPS) is 22.0. The van der Waals surface area contributed by atoms with E-state index in [0.29, 0.717) is 10.8 Å². The van der Waals surface area contributed by atoms with Crippen molar-refractivity contribution in [1.29, 1.82) is 0 Å². The minimum Gasteiger partial charge on any atom is -0.382 e. The lowest BCUT2D eigenvalue weighted by molar-refractivity contribution is 0.0973. The number of hydrogen-bond donors (Lipinski definition) is 2. The van der Waals surface area contributed by atoms with Crippen molar-refractivity contribution >= 4 is 67.8 Å².